The molecule has 0 bridgehead atoms. The second-order valence-electron chi connectivity index (χ2n) is 6.34. The summed E-state index contributed by atoms with van der Waals surface area (Å²) in [7, 11) is -0.418. The van der Waals surface area contributed by atoms with Crippen molar-refractivity contribution in [1.82, 2.24) is 24.1 Å². The number of rotatable bonds is 5. The van der Waals surface area contributed by atoms with Crippen LogP contribution in [0.15, 0.2) is 63.0 Å². The highest BCUT2D eigenvalue weighted by molar-refractivity contribution is 7.89. The zero-order valence-electron chi connectivity index (χ0n) is 15.2. The van der Waals surface area contributed by atoms with Gasteiger partial charge in [-0.15, -0.1) is 0 Å². The molecule has 9 nitrogen and oxygen atoms in total. The monoisotopic (exact) mass is 399 g/mol. The first-order valence-electron chi connectivity index (χ1n) is 8.37. The highest BCUT2D eigenvalue weighted by Gasteiger charge is 2.17. The lowest BCUT2D eigenvalue weighted by molar-refractivity contribution is 0.528. The average molecular weight is 399 g/mol. The van der Waals surface area contributed by atoms with E-state index in [0.29, 0.717) is 16.7 Å². The normalized spacial score (nSPS) is 11.9. The number of benzene rings is 1. The molecular formula is C18H17N5O4S. The first kappa shape index (κ1) is 18.1. The summed E-state index contributed by atoms with van der Waals surface area (Å²) in [5, 5.41) is 4.10. The molecule has 1 aromatic carbocycles. The molecule has 28 heavy (non-hydrogen) atoms. The molecule has 10 heteroatoms. The molecule has 4 aromatic rings. The highest BCUT2D eigenvalue weighted by Crippen LogP contribution is 2.19. The number of hydrogen-bond donors (Lipinski definition) is 1. The predicted molar refractivity (Wildman–Crippen MR) is 102 cm³/mol. The molecule has 0 fully saturated rings. The quantitative estimate of drug-likeness (QED) is 0.543. The number of fused-ring (bicyclic) bond motifs is 1. The zero-order chi connectivity index (χ0) is 19.9. The largest absolute Gasteiger partial charge is 0.419 e. The third kappa shape index (κ3) is 3.35. The molecule has 0 aliphatic rings. The van der Waals surface area contributed by atoms with E-state index < -0.39 is 15.8 Å². The van der Waals surface area contributed by atoms with E-state index in [1.807, 2.05) is 19.3 Å². The minimum Gasteiger partial charge on any atom is -0.408 e. The van der Waals surface area contributed by atoms with Crippen LogP contribution < -0.4 is 10.5 Å². The molecule has 1 N–H and O–H groups in total. The summed E-state index contributed by atoms with van der Waals surface area (Å²) in [6.07, 6.45) is 5.18. The van der Waals surface area contributed by atoms with E-state index in [1.54, 1.807) is 23.1 Å². The Bertz CT molecular complexity index is 1320. The Hall–Kier alpha value is -3.24. The number of aryl methyl sites for hydroxylation is 2. The van der Waals surface area contributed by atoms with Gasteiger partial charge in [-0.05, 0) is 29.8 Å². The number of nitrogens with zero attached hydrogens (tertiary/aromatic N) is 4. The maximum absolute atomic E-state index is 12.6. The van der Waals surface area contributed by atoms with Gasteiger partial charge >= 0.3 is 5.76 Å². The first-order valence-corrected chi connectivity index (χ1v) is 9.85. The van der Waals surface area contributed by atoms with E-state index >= 15 is 0 Å². The van der Waals surface area contributed by atoms with Crippen LogP contribution in [0, 0.1) is 0 Å². The molecule has 0 aliphatic carbocycles. The van der Waals surface area contributed by atoms with Crippen molar-refractivity contribution in [2.24, 2.45) is 14.1 Å². The van der Waals surface area contributed by atoms with Crippen molar-refractivity contribution in [3.63, 3.8) is 0 Å². The number of oxazole rings is 1. The van der Waals surface area contributed by atoms with Gasteiger partial charge < -0.3 is 4.42 Å². The first-order chi connectivity index (χ1) is 13.3. The Morgan fingerprint density at radius 2 is 1.96 bits per heavy atom. The van der Waals surface area contributed by atoms with E-state index in [2.05, 4.69) is 14.8 Å². The SMILES string of the molecule is Cn1cc(-c2ccc(CNS(=O)(=O)c3ccc4oc(=O)n(C)c4c3)cn2)cn1. The molecule has 0 atom stereocenters. The van der Waals surface area contributed by atoms with E-state index in [1.165, 1.54) is 29.8 Å². The van der Waals surface area contributed by atoms with E-state index in [0.717, 1.165) is 11.3 Å². The summed E-state index contributed by atoms with van der Waals surface area (Å²) in [5.74, 6) is -0.544. The summed E-state index contributed by atoms with van der Waals surface area (Å²) in [4.78, 5) is 16.0. The van der Waals surface area contributed by atoms with Gasteiger partial charge in [-0.2, -0.15) is 5.10 Å². The molecule has 3 aromatic heterocycles. The molecule has 144 valence electrons. The van der Waals surface area contributed by atoms with Crippen molar-refractivity contribution in [2.75, 3.05) is 0 Å². The van der Waals surface area contributed by atoms with Gasteiger partial charge in [-0.3, -0.25) is 14.2 Å². The Kier molecular flexibility index (Phi) is 4.36. The van der Waals surface area contributed by atoms with Crippen molar-refractivity contribution in [1.29, 1.82) is 0 Å². The minimum absolute atomic E-state index is 0.0522. The summed E-state index contributed by atoms with van der Waals surface area (Å²) >= 11 is 0. The lowest BCUT2D eigenvalue weighted by Gasteiger charge is -2.07. The number of hydrogen-bond acceptors (Lipinski definition) is 6. The van der Waals surface area contributed by atoms with Crippen LogP contribution in [-0.4, -0.2) is 27.7 Å². The molecule has 0 aliphatic heterocycles. The Morgan fingerprint density at radius 1 is 1.14 bits per heavy atom. The second-order valence-corrected chi connectivity index (χ2v) is 8.10. The second kappa shape index (κ2) is 6.73. The standard InChI is InChI=1S/C18H17N5O4S/c1-22-11-13(10-20-22)15-5-3-12(8-19-15)9-21-28(25,26)14-4-6-17-16(7-14)23(2)18(24)27-17/h3-8,10-11,21H,9H2,1-2H3. The number of nitrogens with one attached hydrogen (secondary N) is 1. The zero-order valence-corrected chi connectivity index (χ0v) is 16.0. The summed E-state index contributed by atoms with van der Waals surface area (Å²) in [6.45, 7) is 0.0883. The van der Waals surface area contributed by atoms with Gasteiger partial charge in [0.05, 0.1) is 22.3 Å². The van der Waals surface area contributed by atoms with Gasteiger partial charge in [0.15, 0.2) is 5.58 Å². The van der Waals surface area contributed by atoms with Crippen LogP contribution in [0.3, 0.4) is 0 Å². The van der Waals surface area contributed by atoms with Crippen LogP contribution >= 0.6 is 0 Å². The third-order valence-electron chi connectivity index (χ3n) is 4.36. The highest BCUT2D eigenvalue weighted by atomic mass is 32.2. The number of pyridine rings is 1. The maximum atomic E-state index is 12.6. The van der Waals surface area contributed by atoms with Gasteiger partial charge in [0, 0.05) is 38.6 Å². The topological polar surface area (TPSA) is 112 Å². The van der Waals surface area contributed by atoms with Gasteiger partial charge in [-0.25, -0.2) is 17.9 Å². The van der Waals surface area contributed by atoms with E-state index in [9.17, 15) is 13.2 Å². The summed E-state index contributed by atoms with van der Waals surface area (Å²) < 4.78 is 35.7. The summed E-state index contributed by atoms with van der Waals surface area (Å²) in [6, 6.07) is 7.90. The molecule has 0 saturated carbocycles. The molecular weight excluding hydrogens is 382 g/mol. The molecule has 0 unspecified atom stereocenters. The maximum Gasteiger partial charge on any atom is 0.419 e. The fourth-order valence-corrected chi connectivity index (χ4v) is 3.83. The fraction of sp³-hybridized carbons (Fsp3) is 0.167. The molecule has 4 rings (SSSR count). The van der Waals surface area contributed by atoms with Crippen molar-refractivity contribution in [3.05, 3.63) is 65.0 Å². The summed E-state index contributed by atoms with van der Waals surface area (Å²) in [5.41, 5.74) is 3.10. The van der Waals surface area contributed by atoms with Crippen LogP contribution in [-0.2, 0) is 30.7 Å². The Morgan fingerprint density at radius 3 is 2.64 bits per heavy atom. The van der Waals surface area contributed by atoms with Crippen LogP contribution in [0.2, 0.25) is 0 Å². The lowest BCUT2D eigenvalue weighted by atomic mass is 10.2. The minimum atomic E-state index is -3.76. The van der Waals surface area contributed by atoms with Crippen molar-refractivity contribution < 1.29 is 12.8 Å². The van der Waals surface area contributed by atoms with Gasteiger partial charge in [0.1, 0.15) is 0 Å². The smallest absolute Gasteiger partial charge is 0.408 e. The lowest BCUT2D eigenvalue weighted by Crippen LogP contribution is -2.23. The van der Waals surface area contributed by atoms with Crippen LogP contribution in [0.1, 0.15) is 5.56 Å². The Balaban J connectivity index is 1.52. The number of aromatic nitrogens is 4. The molecule has 0 spiro atoms. The van der Waals surface area contributed by atoms with Crippen LogP contribution in [0.5, 0.6) is 0 Å². The van der Waals surface area contributed by atoms with E-state index in [4.69, 9.17) is 4.42 Å². The van der Waals surface area contributed by atoms with Crippen molar-refractivity contribution >= 4 is 21.1 Å². The fourth-order valence-electron chi connectivity index (χ4n) is 2.79. The average Bonchev–Trinajstić information content (AvgIpc) is 3.24. The van der Waals surface area contributed by atoms with Gasteiger partial charge in [0.2, 0.25) is 10.0 Å². The predicted octanol–water partition coefficient (Wildman–Crippen LogP) is 1.41. The molecule has 0 amide bonds. The van der Waals surface area contributed by atoms with Crippen LogP contribution in [0.4, 0.5) is 0 Å². The van der Waals surface area contributed by atoms with E-state index in [-0.39, 0.29) is 11.4 Å². The number of sulfonamides is 1. The van der Waals surface area contributed by atoms with Gasteiger partial charge in [0.25, 0.3) is 0 Å². The van der Waals surface area contributed by atoms with Crippen LogP contribution in [0.25, 0.3) is 22.4 Å². The van der Waals surface area contributed by atoms with Crippen molar-refractivity contribution in [3.8, 4) is 11.3 Å². The Labute approximate surface area is 160 Å². The molecule has 3 heterocycles. The molecule has 0 radical (unpaired) electrons. The van der Waals surface area contributed by atoms with Crippen molar-refractivity contribution in [2.45, 2.75) is 11.4 Å². The molecule has 0 saturated heterocycles. The third-order valence-corrected chi connectivity index (χ3v) is 5.76. The van der Waals surface area contributed by atoms with Gasteiger partial charge in [-0.1, -0.05) is 6.07 Å².